The number of nitrogens with zero attached hydrogens (tertiary/aromatic N) is 1. The van der Waals surface area contributed by atoms with Crippen molar-refractivity contribution in [1.82, 2.24) is 4.90 Å². The first-order valence-corrected chi connectivity index (χ1v) is 7.16. The number of fused-ring (bicyclic) bond motifs is 1. The first-order chi connectivity index (χ1) is 10.3. The molecule has 1 aromatic carbocycles. The highest BCUT2D eigenvalue weighted by atomic mass is 16.5. The van der Waals surface area contributed by atoms with Gasteiger partial charge in [0.1, 0.15) is 17.9 Å². The Hall–Kier alpha value is -2.25. The molecule has 1 saturated heterocycles. The van der Waals surface area contributed by atoms with E-state index in [1.807, 2.05) is 12.1 Å². The van der Waals surface area contributed by atoms with E-state index in [2.05, 4.69) is 16.7 Å². The Bertz CT molecular complexity index is 733. The fourth-order valence-electron chi connectivity index (χ4n) is 2.41. The largest absolute Gasteiger partial charge is 0.481 e. The maximum atomic E-state index is 11.2. The summed E-state index contributed by atoms with van der Waals surface area (Å²) in [4.78, 5) is 13.5. The zero-order valence-corrected chi connectivity index (χ0v) is 11.8. The lowest BCUT2D eigenvalue weighted by atomic mass is 10.2. The second-order valence-electron chi connectivity index (χ2n) is 5.08. The van der Waals surface area contributed by atoms with Crippen molar-refractivity contribution in [2.45, 2.75) is 12.8 Å². The molecule has 0 bridgehead atoms. The third-order valence-corrected chi connectivity index (χ3v) is 3.53. The van der Waals surface area contributed by atoms with Crippen LogP contribution in [0.2, 0.25) is 0 Å². The Morgan fingerprint density at radius 3 is 2.81 bits per heavy atom. The summed E-state index contributed by atoms with van der Waals surface area (Å²) >= 11 is 0. The van der Waals surface area contributed by atoms with Crippen LogP contribution >= 0.6 is 0 Å². The smallest absolute Gasteiger partial charge is 0.336 e. The molecule has 21 heavy (non-hydrogen) atoms. The third kappa shape index (κ3) is 3.65. The highest BCUT2D eigenvalue weighted by molar-refractivity contribution is 5.77. The van der Waals surface area contributed by atoms with Crippen molar-refractivity contribution in [3.63, 3.8) is 0 Å². The van der Waals surface area contributed by atoms with E-state index in [0.717, 1.165) is 25.0 Å². The predicted octanol–water partition coefficient (Wildman–Crippen LogP) is 2.27. The molecule has 0 N–H and O–H groups in total. The summed E-state index contributed by atoms with van der Waals surface area (Å²) in [5.74, 6) is 6.79. The van der Waals surface area contributed by atoms with Crippen molar-refractivity contribution < 1.29 is 9.15 Å². The molecule has 1 aliphatic heterocycles. The minimum Gasteiger partial charge on any atom is -0.481 e. The van der Waals surface area contributed by atoms with Gasteiger partial charge in [0.05, 0.1) is 6.54 Å². The molecule has 0 amide bonds. The van der Waals surface area contributed by atoms with Gasteiger partial charge in [-0.05, 0) is 44.1 Å². The first-order valence-electron chi connectivity index (χ1n) is 7.16. The molecule has 0 aliphatic carbocycles. The number of rotatable bonds is 3. The van der Waals surface area contributed by atoms with Crippen LogP contribution < -0.4 is 10.4 Å². The van der Waals surface area contributed by atoms with Crippen molar-refractivity contribution in [3.05, 3.63) is 40.8 Å². The lowest BCUT2D eigenvalue weighted by Gasteiger charge is -2.08. The van der Waals surface area contributed by atoms with Crippen LogP contribution in [0, 0.1) is 11.8 Å². The fraction of sp³-hybridized carbons (Fsp3) is 0.353. The second-order valence-corrected chi connectivity index (χ2v) is 5.08. The van der Waals surface area contributed by atoms with Crippen molar-refractivity contribution >= 4 is 11.0 Å². The van der Waals surface area contributed by atoms with Gasteiger partial charge in [-0.3, -0.25) is 4.90 Å². The van der Waals surface area contributed by atoms with E-state index in [1.54, 1.807) is 12.1 Å². The molecular weight excluding hydrogens is 266 g/mol. The van der Waals surface area contributed by atoms with E-state index >= 15 is 0 Å². The van der Waals surface area contributed by atoms with E-state index < -0.39 is 0 Å². The monoisotopic (exact) mass is 283 g/mol. The van der Waals surface area contributed by atoms with Crippen LogP contribution in [-0.4, -0.2) is 31.1 Å². The molecule has 0 atom stereocenters. The maximum absolute atomic E-state index is 11.2. The molecule has 0 spiro atoms. The van der Waals surface area contributed by atoms with Crippen molar-refractivity contribution in [2.75, 3.05) is 26.2 Å². The van der Waals surface area contributed by atoms with Crippen LogP contribution in [0.3, 0.4) is 0 Å². The summed E-state index contributed by atoms with van der Waals surface area (Å²) in [5.41, 5.74) is 0.176. The molecule has 4 heteroatoms. The Balaban J connectivity index is 1.57. The highest BCUT2D eigenvalue weighted by Crippen LogP contribution is 2.19. The maximum Gasteiger partial charge on any atom is 0.336 e. The summed E-state index contributed by atoms with van der Waals surface area (Å²) < 4.78 is 10.7. The van der Waals surface area contributed by atoms with Crippen LogP contribution in [0.25, 0.3) is 11.0 Å². The summed E-state index contributed by atoms with van der Waals surface area (Å²) in [5, 5.41) is 0.877. The van der Waals surface area contributed by atoms with E-state index in [0.29, 0.717) is 17.9 Å². The van der Waals surface area contributed by atoms with Gasteiger partial charge in [0.2, 0.25) is 0 Å². The Morgan fingerprint density at radius 1 is 1.14 bits per heavy atom. The lowest BCUT2D eigenvalue weighted by molar-refractivity contribution is 0.367. The molecule has 2 heterocycles. The van der Waals surface area contributed by atoms with Crippen LogP contribution in [0.5, 0.6) is 5.75 Å². The Kier molecular flexibility index (Phi) is 4.23. The number of hydrogen-bond donors (Lipinski definition) is 0. The molecule has 1 fully saturated rings. The molecule has 4 nitrogen and oxygen atoms in total. The number of ether oxygens (including phenoxy) is 1. The zero-order chi connectivity index (χ0) is 14.5. The van der Waals surface area contributed by atoms with E-state index in [1.165, 1.54) is 18.9 Å². The average molecular weight is 283 g/mol. The van der Waals surface area contributed by atoms with Crippen LogP contribution in [-0.2, 0) is 0 Å². The Morgan fingerprint density at radius 2 is 1.95 bits per heavy atom. The molecular formula is C17H17NO3. The molecule has 0 unspecified atom stereocenters. The quantitative estimate of drug-likeness (QED) is 0.640. The topological polar surface area (TPSA) is 42.7 Å². The van der Waals surface area contributed by atoms with Crippen LogP contribution in [0.4, 0.5) is 0 Å². The van der Waals surface area contributed by atoms with Crippen LogP contribution in [0.1, 0.15) is 12.8 Å². The van der Waals surface area contributed by atoms with Gasteiger partial charge in [-0.15, -0.1) is 0 Å². The summed E-state index contributed by atoms with van der Waals surface area (Å²) in [6.45, 7) is 3.46. The average Bonchev–Trinajstić information content (AvgIpc) is 3.00. The van der Waals surface area contributed by atoms with Gasteiger partial charge in [-0.2, -0.15) is 0 Å². The molecule has 108 valence electrons. The summed E-state index contributed by atoms with van der Waals surface area (Å²) in [6.07, 6.45) is 2.56. The molecule has 0 radical (unpaired) electrons. The zero-order valence-electron chi connectivity index (χ0n) is 11.8. The summed E-state index contributed by atoms with van der Waals surface area (Å²) in [6, 6.07) is 8.59. The van der Waals surface area contributed by atoms with Crippen molar-refractivity contribution in [1.29, 1.82) is 0 Å². The van der Waals surface area contributed by atoms with E-state index in [9.17, 15) is 4.79 Å². The van der Waals surface area contributed by atoms with Gasteiger partial charge in [0, 0.05) is 17.5 Å². The Labute approximate surface area is 123 Å². The normalized spacial score (nSPS) is 14.9. The molecule has 0 saturated carbocycles. The third-order valence-electron chi connectivity index (χ3n) is 3.53. The van der Waals surface area contributed by atoms with Crippen molar-refractivity contribution in [3.8, 4) is 17.6 Å². The fourth-order valence-corrected chi connectivity index (χ4v) is 2.41. The van der Waals surface area contributed by atoms with E-state index in [4.69, 9.17) is 9.15 Å². The second kappa shape index (κ2) is 6.47. The minimum atomic E-state index is -0.356. The lowest BCUT2D eigenvalue weighted by Crippen LogP contribution is -2.19. The van der Waals surface area contributed by atoms with E-state index in [-0.39, 0.29) is 5.63 Å². The number of hydrogen-bond acceptors (Lipinski definition) is 4. The van der Waals surface area contributed by atoms with Gasteiger partial charge >= 0.3 is 5.63 Å². The summed E-state index contributed by atoms with van der Waals surface area (Å²) in [7, 11) is 0. The molecule has 1 aliphatic rings. The first kappa shape index (κ1) is 13.7. The standard InChI is InChI=1S/C17H17NO3/c19-17-8-6-14-5-7-15(13-16(14)21-17)20-12-4-3-11-18-9-1-2-10-18/h5-8,13H,1-2,9-12H2. The molecule has 2 aromatic rings. The number of likely N-dealkylation sites (tertiary alicyclic amines) is 1. The van der Waals surface area contributed by atoms with Crippen molar-refractivity contribution in [2.24, 2.45) is 0 Å². The van der Waals surface area contributed by atoms with Gasteiger partial charge in [0.25, 0.3) is 0 Å². The molecule has 3 rings (SSSR count). The highest BCUT2D eigenvalue weighted by Gasteiger charge is 2.08. The number of benzene rings is 1. The SMILES string of the molecule is O=c1ccc2ccc(OCC#CCN3CCCC3)cc2o1. The van der Waals surface area contributed by atoms with Gasteiger partial charge in [-0.1, -0.05) is 11.8 Å². The van der Waals surface area contributed by atoms with Crippen LogP contribution in [0.15, 0.2) is 39.5 Å². The molecule has 1 aromatic heterocycles. The van der Waals surface area contributed by atoms with Gasteiger partial charge in [-0.25, -0.2) is 4.79 Å². The predicted molar refractivity (Wildman–Crippen MR) is 81.4 cm³/mol. The minimum absolute atomic E-state index is 0.344. The van der Waals surface area contributed by atoms with Gasteiger partial charge < -0.3 is 9.15 Å². The van der Waals surface area contributed by atoms with Gasteiger partial charge in [0.15, 0.2) is 0 Å².